The summed E-state index contributed by atoms with van der Waals surface area (Å²) in [6, 6.07) is 9.05. The van der Waals surface area contributed by atoms with Gasteiger partial charge in [0.2, 0.25) is 0 Å². The van der Waals surface area contributed by atoms with Crippen molar-refractivity contribution in [3.05, 3.63) is 35.9 Å². The van der Waals surface area contributed by atoms with Gasteiger partial charge in [0.25, 0.3) is 0 Å². The lowest BCUT2D eigenvalue weighted by atomic mass is 9.77. The molecule has 0 spiro atoms. The second kappa shape index (κ2) is 9.45. The van der Waals surface area contributed by atoms with E-state index < -0.39 is 17.4 Å². The number of halogens is 1. The molecule has 1 aromatic rings. The molecule has 0 aliphatic rings. The molecule has 0 aliphatic carbocycles. The Bertz CT molecular complexity index is 523. The zero-order valence-electron chi connectivity index (χ0n) is 13.3. The summed E-state index contributed by atoms with van der Waals surface area (Å²) < 4.78 is 10.2. The zero-order valence-corrected chi connectivity index (χ0v) is 14.9. The largest absolute Gasteiger partial charge is 0.465 e. The Morgan fingerprint density at radius 1 is 1.00 bits per heavy atom. The number of alkyl halides is 1. The van der Waals surface area contributed by atoms with Crippen LogP contribution in [-0.4, -0.2) is 36.3 Å². The second-order valence-electron chi connectivity index (χ2n) is 5.03. The maximum Gasteiger partial charge on any atom is 0.324 e. The predicted octanol–water partition coefficient (Wildman–Crippen LogP) is 2.70. The smallest absolute Gasteiger partial charge is 0.324 e. The van der Waals surface area contributed by atoms with Gasteiger partial charge in [0.15, 0.2) is 5.41 Å². The molecule has 0 amide bonds. The molecule has 1 aromatic carbocycles. The molecule has 0 N–H and O–H groups in total. The molecule has 5 nitrogen and oxygen atoms in total. The van der Waals surface area contributed by atoms with Gasteiger partial charge in [0.1, 0.15) is 5.78 Å². The van der Waals surface area contributed by atoms with Crippen molar-refractivity contribution in [1.82, 2.24) is 0 Å². The molecule has 0 saturated heterocycles. The summed E-state index contributed by atoms with van der Waals surface area (Å²) >= 11 is 3.08. The number of hydrogen-bond donors (Lipinski definition) is 0. The van der Waals surface area contributed by atoms with Gasteiger partial charge in [-0.3, -0.25) is 14.4 Å². The zero-order chi connectivity index (χ0) is 17.3. The fraction of sp³-hybridized carbons (Fsp3) is 0.471. The quantitative estimate of drug-likeness (QED) is 0.371. The Morgan fingerprint density at radius 2 is 1.52 bits per heavy atom. The number of hydrogen-bond acceptors (Lipinski definition) is 5. The van der Waals surface area contributed by atoms with Gasteiger partial charge in [0, 0.05) is 6.42 Å². The Labute approximate surface area is 144 Å². The SMILES string of the molecule is CCOC(=O)C(CC(=O)CBr)(Cc1ccccc1)C(=O)OCC. The third-order valence-electron chi connectivity index (χ3n) is 3.33. The van der Waals surface area contributed by atoms with E-state index in [2.05, 4.69) is 15.9 Å². The maximum absolute atomic E-state index is 12.5. The third kappa shape index (κ3) is 5.16. The molecule has 0 heterocycles. The van der Waals surface area contributed by atoms with Crippen molar-refractivity contribution in [3.8, 4) is 0 Å². The lowest BCUT2D eigenvalue weighted by Crippen LogP contribution is -2.45. The average Bonchev–Trinajstić information content (AvgIpc) is 2.55. The van der Waals surface area contributed by atoms with Crippen LogP contribution >= 0.6 is 15.9 Å². The number of esters is 2. The average molecular weight is 385 g/mol. The Balaban J connectivity index is 3.28. The van der Waals surface area contributed by atoms with E-state index in [0.717, 1.165) is 5.56 Å². The van der Waals surface area contributed by atoms with Crippen molar-refractivity contribution in [1.29, 1.82) is 0 Å². The summed E-state index contributed by atoms with van der Waals surface area (Å²) in [5.41, 5.74) is -0.894. The topological polar surface area (TPSA) is 69.7 Å². The fourth-order valence-corrected chi connectivity index (χ4v) is 2.50. The molecule has 0 atom stereocenters. The van der Waals surface area contributed by atoms with Crippen molar-refractivity contribution in [2.75, 3.05) is 18.5 Å². The molecule has 0 fully saturated rings. The Hall–Kier alpha value is -1.69. The van der Waals surface area contributed by atoms with Crippen LogP contribution in [0.1, 0.15) is 25.8 Å². The first-order valence-corrected chi connectivity index (χ1v) is 8.58. The summed E-state index contributed by atoms with van der Waals surface area (Å²) in [6.07, 6.45) is -0.199. The highest BCUT2D eigenvalue weighted by atomic mass is 79.9. The second-order valence-corrected chi connectivity index (χ2v) is 5.60. The van der Waals surface area contributed by atoms with Crippen LogP contribution in [0.5, 0.6) is 0 Å². The maximum atomic E-state index is 12.5. The van der Waals surface area contributed by atoms with Crippen LogP contribution in [0.25, 0.3) is 0 Å². The van der Waals surface area contributed by atoms with Crippen LogP contribution in [-0.2, 0) is 30.3 Å². The first-order chi connectivity index (χ1) is 11.0. The summed E-state index contributed by atoms with van der Waals surface area (Å²) in [5.74, 6) is -1.71. The number of Topliss-reactive ketones (excluding diaryl/α,β-unsaturated/α-hetero) is 1. The van der Waals surface area contributed by atoms with E-state index in [9.17, 15) is 14.4 Å². The number of rotatable bonds is 9. The minimum atomic E-state index is -1.65. The van der Waals surface area contributed by atoms with Crippen LogP contribution in [0.4, 0.5) is 0 Å². The highest BCUT2D eigenvalue weighted by molar-refractivity contribution is 9.09. The van der Waals surface area contributed by atoms with Gasteiger partial charge in [-0.2, -0.15) is 0 Å². The molecule has 0 bridgehead atoms. The van der Waals surface area contributed by atoms with E-state index >= 15 is 0 Å². The van der Waals surface area contributed by atoms with Gasteiger partial charge in [-0.15, -0.1) is 0 Å². The molecule has 126 valence electrons. The van der Waals surface area contributed by atoms with Crippen molar-refractivity contribution in [2.45, 2.75) is 26.7 Å². The van der Waals surface area contributed by atoms with E-state index in [1.807, 2.05) is 18.2 Å². The first-order valence-electron chi connectivity index (χ1n) is 7.46. The molecule has 0 saturated carbocycles. The molecule has 23 heavy (non-hydrogen) atoms. The molecule has 0 aliphatic heterocycles. The number of ketones is 1. The summed E-state index contributed by atoms with van der Waals surface area (Å²) in [5, 5.41) is 0.0579. The summed E-state index contributed by atoms with van der Waals surface area (Å²) in [7, 11) is 0. The van der Waals surface area contributed by atoms with Gasteiger partial charge < -0.3 is 9.47 Å². The van der Waals surface area contributed by atoms with Crippen LogP contribution < -0.4 is 0 Å². The third-order valence-corrected chi connectivity index (χ3v) is 3.95. The minimum Gasteiger partial charge on any atom is -0.465 e. The Morgan fingerprint density at radius 3 is 1.96 bits per heavy atom. The number of carbonyl (C=O) groups is 3. The molecule has 0 radical (unpaired) electrons. The van der Waals surface area contributed by atoms with Crippen LogP contribution in [0.15, 0.2) is 30.3 Å². The standard InChI is InChI=1S/C17H21BrO5/c1-3-22-15(20)17(11-14(19)12-18,16(21)23-4-2)10-13-8-6-5-7-9-13/h5-9H,3-4,10-12H2,1-2H3. The van der Waals surface area contributed by atoms with Crippen molar-refractivity contribution in [3.63, 3.8) is 0 Å². The lowest BCUT2D eigenvalue weighted by Gasteiger charge is -2.28. The predicted molar refractivity (Wildman–Crippen MR) is 89.3 cm³/mol. The molecule has 0 unspecified atom stereocenters. The normalized spacial score (nSPS) is 10.9. The molecular weight excluding hydrogens is 364 g/mol. The monoisotopic (exact) mass is 384 g/mol. The van der Waals surface area contributed by atoms with Gasteiger partial charge in [-0.1, -0.05) is 46.3 Å². The van der Waals surface area contributed by atoms with Crippen LogP contribution in [0.2, 0.25) is 0 Å². The highest BCUT2D eigenvalue weighted by Gasteiger charge is 2.50. The van der Waals surface area contributed by atoms with Crippen LogP contribution in [0, 0.1) is 5.41 Å². The number of ether oxygens (including phenoxy) is 2. The molecule has 0 aromatic heterocycles. The van der Waals surface area contributed by atoms with Gasteiger partial charge in [0.05, 0.1) is 18.5 Å². The molecular formula is C17H21BrO5. The van der Waals surface area contributed by atoms with E-state index in [-0.39, 0.29) is 37.2 Å². The summed E-state index contributed by atoms with van der Waals surface area (Å²) in [4.78, 5) is 37.1. The van der Waals surface area contributed by atoms with Crippen molar-refractivity contribution >= 4 is 33.7 Å². The van der Waals surface area contributed by atoms with E-state index in [1.54, 1.807) is 26.0 Å². The fourth-order valence-electron chi connectivity index (χ4n) is 2.30. The summed E-state index contributed by atoms with van der Waals surface area (Å²) in [6.45, 7) is 3.56. The van der Waals surface area contributed by atoms with Crippen molar-refractivity contribution < 1.29 is 23.9 Å². The lowest BCUT2D eigenvalue weighted by molar-refractivity contribution is -0.173. The first kappa shape index (κ1) is 19.4. The minimum absolute atomic E-state index is 0.0579. The van der Waals surface area contributed by atoms with Crippen LogP contribution in [0.3, 0.4) is 0 Å². The molecule has 6 heteroatoms. The van der Waals surface area contributed by atoms with E-state index in [0.29, 0.717) is 0 Å². The van der Waals surface area contributed by atoms with Crippen molar-refractivity contribution in [2.24, 2.45) is 5.41 Å². The van der Waals surface area contributed by atoms with E-state index in [1.165, 1.54) is 0 Å². The molecule has 1 rings (SSSR count). The van der Waals surface area contributed by atoms with Gasteiger partial charge >= 0.3 is 11.9 Å². The van der Waals surface area contributed by atoms with Gasteiger partial charge in [-0.05, 0) is 25.8 Å². The number of carbonyl (C=O) groups excluding carboxylic acids is 3. The van der Waals surface area contributed by atoms with Gasteiger partial charge in [-0.25, -0.2) is 0 Å². The number of benzene rings is 1. The highest BCUT2D eigenvalue weighted by Crippen LogP contribution is 2.32. The Kier molecular flexibility index (Phi) is 7.95. The van der Waals surface area contributed by atoms with E-state index in [4.69, 9.17) is 9.47 Å².